The van der Waals surface area contributed by atoms with Gasteiger partial charge < -0.3 is 9.32 Å². The van der Waals surface area contributed by atoms with Crippen LogP contribution in [0.5, 0.6) is 0 Å². The molecule has 25 heavy (non-hydrogen) atoms. The zero-order valence-electron chi connectivity index (χ0n) is 14.5. The Hall–Kier alpha value is -2.63. The quantitative estimate of drug-likeness (QED) is 0.671. The smallest absolute Gasteiger partial charge is 0.259 e. The average molecular weight is 341 g/mol. The Morgan fingerprint density at radius 3 is 3.00 bits per heavy atom. The molecule has 0 spiro atoms. The second-order valence-electron chi connectivity index (χ2n) is 6.21. The highest BCUT2D eigenvalue weighted by Gasteiger charge is 2.19. The van der Waals surface area contributed by atoms with Crippen molar-refractivity contribution >= 4 is 29.0 Å². The van der Waals surface area contributed by atoms with Crippen molar-refractivity contribution in [3.63, 3.8) is 0 Å². The molecule has 1 aliphatic heterocycles. The molecule has 3 rings (SSSR count). The fourth-order valence-corrected chi connectivity index (χ4v) is 3.10. The SMILES string of the molecule is CCc1oc2ccccc2c1/C=N\NC(=O)CN1CCCCCC1=O. The lowest BCUT2D eigenvalue weighted by atomic mass is 10.1. The van der Waals surface area contributed by atoms with E-state index in [-0.39, 0.29) is 18.4 Å². The Labute approximate surface area is 146 Å². The van der Waals surface area contributed by atoms with E-state index in [9.17, 15) is 9.59 Å². The summed E-state index contributed by atoms with van der Waals surface area (Å²) >= 11 is 0. The normalized spacial score (nSPS) is 15.7. The number of hydrogen-bond donors (Lipinski definition) is 1. The first-order valence-electron chi connectivity index (χ1n) is 8.79. The number of para-hydroxylation sites is 1. The van der Waals surface area contributed by atoms with Gasteiger partial charge in [-0.05, 0) is 18.9 Å². The third kappa shape index (κ3) is 4.07. The summed E-state index contributed by atoms with van der Waals surface area (Å²) in [6, 6.07) is 7.75. The van der Waals surface area contributed by atoms with E-state index in [1.807, 2.05) is 31.2 Å². The van der Waals surface area contributed by atoms with Crippen LogP contribution in [0.2, 0.25) is 0 Å². The van der Waals surface area contributed by atoms with E-state index < -0.39 is 0 Å². The van der Waals surface area contributed by atoms with Gasteiger partial charge in [0.1, 0.15) is 17.9 Å². The summed E-state index contributed by atoms with van der Waals surface area (Å²) in [5, 5.41) is 5.04. The van der Waals surface area contributed by atoms with Crippen LogP contribution < -0.4 is 5.43 Å². The number of carbonyl (C=O) groups excluding carboxylic acids is 2. The minimum atomic E-state index is -0.280. The molecule has 1 aromatic heterocycles. The molecule has 1 aliphatic rings. The number of carbonyl (C=O) groups is 2. The molecular formula is C19H23N3O3. The number of hydrazone groups is 1. The molecule has 0 saturated carbocycles. The lowest BCUT2D eigenvalue weighted by molar-refractivity contribution is -0.135. The van der Waals surface area contributed by atoms with Crippen LogP contribution in [-0.2, 0) is 16.0 Å². The van der Waals surface area contributed by atoms with Gasteiger partial charge in [-0.2, -0.15) is 5.10 Å². The van der Waals surface area contributed by atoms with Crippen LogP contribution in [0.4, 0.5) is 0 Å². The molecular weight excluding hydrogens is 318 g/mol. The number of nitrogens with one attached hydrogen (secondary N) is 1. The number of fused-ring (bicyclic) bond motifs is 1. The summed E-state index contributed by atoms with van der Waals surface area (Å²) in [5.41, 5.74) is 4.21. The topological polar surface area (TPSA) is 74.9 Å². The molecule has 6 nitrogen and oxygen atoms in total. The minimum absolute atomic E-state index is 0.0470. The second-order valence-corrected chi connectivity index (χ2v) is 6.21. The molecule has 0 radical (unpaired) electrons. The highest BCUT2D eigenvalue weighted by atomic mass is 16.3. The van der Waals surface area contributed by atoms with Crippen molar-refractivity contribution in [3.05, 3.63) is 35.6 Å². The van der Waals surface area contributed by atoms with Crippen molar-refractivity contribution in [2.24, 2.45) is 5.10 Å². The van der Waals surface area contributed by atoms with Gasteiger partial charge in [-0.3, -0.25) is 9.59 Å². The first kappa shape index (κ1) is 17.2. The van der Waals surface area contributed by atoms with Crippen LogP contribution in [-0.4, -0.2) is 36.0 Å². The number of furan rings is 1. The fraction of sp³-hybridized carbons (Fsp3) is 0.421. The second kappa shape index (κ2) is 7.96. The van der Waals surface area contributed by atoms with Crippen molar-refractivity contribution in [3.8, 4) is 0 Å². The fourth-order valence-electron chi connectivity index (χ4n) is 3.10. The summed E-state index contributed by atoms with van der Waals surface area (Å²) in [4.78, 5) is 25.6. The van der Waals surface area contributed by atoms with Crippen LogP contribution in [0.25, 0.3) is 11.0 Å². The maximum absolute atomic E-state index is 12.1. The van der Waals surface area contributed by atoms with E-state index in [4.69, 9.17) is 4.42 Å². The molecule has 1 N–H and O–H groups in total. The van der Waals surface area contributed by atoms with Gasteiger partial charge in [0.25, 0.3) is 5.91 Å². The lowest BCUT2D eigenvalue weighted by Gasteiger charge is -2.18. The Morgan fingerprint density at radius 1 is 1.32 bits per heavy atom. The monoisotopic (exact) mass is 341 g/mol. The van der Waals surface area contributed by atoms with E-state index in [0.29, 0.717) is 13.0 Å². The molecule has 2 heterocycles. The Morgan fingerprint density at radius 2 is 2.16 bits per heavy atom. The number of benzene rings is 1. The molecule has 0 unspecified atom stereocenters. The van der Waals surface area contributed by atoms with Gasteiger partial charge in [0.15, 0.2) is 0 Å². The Balaban J connectivity index is 1.65. The average Bonchev–Trinajstić information content (AvgIpc) is 2.85. The zero-order chi connectivity index (χ0) is 17.6. The van der Waals surface area contributed by atoms with Gasteiger partial charge in [-0.15, -0.1) is 0 Å². The van der Waals surface area contributed by atoms with Gasteiger partial charge in [-0.25, -0.2) is 5.43 Å². The third-order valence-corrected chi connectivity index (χ3v) is 4.42. The van der Waals surface area contributed by atoms with Crippen molar-refractivity contribution in [2.75, 3.05) is 13.1 Å². The molecule has 0 atom stereocenters. The summed E-state index contributed by atoms with van der Waals surface area (Å²) in [6.07, 6.45) is 5.78. The van der Waals surface area contributed by atoms with Crippen molar-refractivity contribution in [2.45, 2.75) is 39.0 Å². The molecule has 1 saturated heterocycles. The van der Waals surface area contributed by atoms with Crippen molar-refractivity contribution < 1.29 is 14.0 Å². The maximum atomic E-state index is 12.1. The largest absolute Gasteiger partial charge is 0.460 e. The van der Waals surface area contributed by atoms with Gasteiger partial charge in [-0.1, -0.05) is 31.5 Å². The number of aryl methyl sites for hydroxylation is 1. The van der Waals surface area contributed by atoms with Gasteiger partial charge in [0.2, 0.25) is 5.91 Å². The van der Waals surface area contributed by atoms with Gasteiger partial charge in [0, 0.05) is 30.3 Å². The zero-order valence-corrected chi connectivity index (χ0v) is 14.5. The third-order valence-electron chi connectivity index (χ3n) is 4.42. The highest BCUT2D eigenvalue weighted by Crippen LogP contribution is 2.24. The summed E-state index contributed by atoms with van der Waals surface area (Å²) in [5.74, 6) is 0.602. The number of likely N-dealkylation sites (tertiary alicyclic amines) is 1. The molecule has 6 heteroatoms. The van der Waals surface area contributed by atoms with E-state index in [1.165, 1.54) is 0 Å². The predicted molar refractivity (Wildman–Crippen MR) is 96.4 cm³/mol. The summed E-state index contributed by atoms with van der Waals surface area (Å²) in [6.45, 7) is 2.71. The molecule has 1 fully saturated rings. The number of hydrogen-bond acceptors (Lipinski definition) is 4. The van der Waals surface area contributed by atoms with Gasteiger partial charge >= 0.3 is 0 Å². The van der Waals surface area contributed by atoms with Crippen molar-refractivity contribution in [1.29, 1.82) is 0 Å². The van der Waals surface area contributed by atoms with E-state index in [2.05, 4.69) is 10.5 Å². The number of nitrogens with zero attached hydrogens (tertiary/aromatic N) is 2. The minimum Gasteiger partial charge on any atom is -0.460 e. The molecule has 2 aromatic rings. The maximum Gasteiger partial charge on any atom is 0.259 e. The van der Waals surface area contributed by atoms with Crippen LogP contribution in [0.3, 0.4) is 0 Å². The Kier molecular flexibility index (Phi) is 5.48. The summed E-state index contributed by atoms with van der Waals surface area (Å²) in [7, 11) is 0. The first-order chi connectivity index (χ1) is 12.2. The van der Waals surface area contributed by atoms with E-state index in [0.717, 1.165) is 48.0 Å². The number of rotatable bonds is 5. The molecule has 0 bridgehead atoms. The van der Waals surface area contributed by atoms with Crippen LogP contribution in [0.1, 0.15) is 43.9 Å². The Bertz CT molecular complexity index is 794. The van der Waals surface area contributed by atoms with E-state index >= 15 is 0 Å². The predicted octanol–water partition coefficient (Wildman–Crippen LogP) is 2.85. The van der Waals surface area contributed by atoms with Crippen molar-refractivity contribution in [1.82, 2.24) is 10.3 Å². The standard InChI is InChI=1S/C19H23N3O3/c1-2-16-15(14-8-5-6-9-17(14)25-16)12-20-21-18(23)13-22-11-7-3-4-10-19(22)24/h5-6,8-9,12H,2-4,7,10-11,13H2,1H3,(H,21,23)/b20-12-. The van der Waals surface area contributed by atoms with E-state index in [1.54, 1.807) is 11.1 Å². The lowest BCUT2D eigenvalue weighted by Crippen LogP contribution is -2.39. The van der Waals surface area contributed by atoms with Crippen LogP contribution in [0, 0.1) is 0 Å². The molecule has 0 aliphatic carbocycles. The van der Waals surface area contributed by atoms with Crippen LogP contribution >= 0.6 is 0 Å². The van der Waals surface area contributed by atoms with Crippen LogP contribution in [0.15, 0.2) is 33.8 Å². The number of amides is 2. The molecule has 2 amide bonds. The van der Waals surface area contributed by atoms with Gasteiger partial charge in [0.05, 0.1) is 6.21 Å². The summed E-state index contributed by atoms with van der Waals surface area (Å²) < 4.78 is 5.80. The molecule has 132 valence electrons. The first-order valence-corrected chi connectivity index (χ1v) is 8.79. The highest BCUT2D eigenvalue weighted by molar-refractivity contribution is 5.99. The molecule has 1 aromatic carbocycles.